The average Bonchev–Trinajstić information content (AvgIpc) is 3.30. The first kappa shape index (κ1) is 15.5. The number of nitrogens with one attached hydrogen (secondary N) is 2. The maximum absolute atomic E-state index is 12.5. The van der Waals surface area contributed by atoms with Crippen LogP contribution in [0, 0.1) is 0 Å². The van der Waals surface area contributed by atoms with Gasteiger partial charge in [0.1, 0.15) is 11.7 Å². The summed E-state index contributed by atoms with van der Waals surface area (Å²) in [5.74, 6) is 0.497. The van der Waals surface area contributed by atoms with Gasteiger partial charge in [0.05, 0.1) is 0 Å². The van der Waals surface area contributed by atoms with Gasteiger partial charge < -0.3 is 9.84 Å². The second-order valence-corrected chi connectivity index (χ2v) is 6.10. The van der Waals surface area contributed by atoms with Gasteiger partial charge in [0.2, 0.25) is 11.7 Å². The number of fused-ring (bicyclic) bond motifs is 1. The van der Waals surface area contributed by atoms with E-state index in [1.165, 1.54) is 0 Å². The number of aryl methyl sites for hydroxylation is 1. The van der Waals surface area contributed by atoms with E-state index in [0.717, 1.165) is 36.9 Å². The van der Waals surface area contributed by atoms with Crippen molar-refractivity contribution in [2.45, 2.75) is 38.6 Å². The molecule has 0 bridgehead atoms. The van der Waals surface area contributed by atoms with Crippen LogP contribution in [-0.4, -0.2) is 31.2 Å². The lowest BCUT2D eigenvalue weighted by Gasteiger charge is -2.12. The fraction of sp³-hybridized carbons (Fsp3) is 0.353. The highest BCUT2D eigenvalue weighted by atomic mass is 16.5. The molecule has 3 aromatic rings. The Morgan fingerprint density at radius 3 is 3.04 bits per heavy atom. The molecule has 2 N–H and O–H groups in total. The van der Waals surface area contributed by atoms with Crippen molar-refractivity contribution >= 4 is 5.91 Å². The zero-order valence-corrected chi connectivity index (χ0v) is 13.8. The van der Waals surface area contributed by atoms with Gasteiger partial charge in [-0.15, -0.1) is 0 Å². The molecule has 0 saturated carbocycles. The number of hydrogen-bond acceptors (Lipinski definition) is 6. The van der Waals surface area contributed by atoms with Crippen LogP contribution in [0.15, 0.2) is 28.9 Å². The van der Waals surface area contributed by atoms with E-state index < -0.39 is 6.04 Å². The summed E-state index contributed by atoms with van der Waals surface area (Å²) in [4.78, 5) is 21.0. The highest BCUT2D eigenvalue weighted by Gasteiger charge is 2.24. The number of H-pyrrole nitrogens is 1. The van der Waals surface area contributed by atoms with Crippen LogP contribution in [0.3, 0.4) is 0 Å². The number of nitrogens with zero attached hydrogens (tertiary/aromatic N) is 4. The van der Waals surface area contributed by atoms with Crippen LogP contribution < -0.4 is 5.32 Å². The summed E-state index contributed by atoms with van der Waals surface area (Å²) in [6, 6.07) is 5.05. The molecule has 1 aliphatic rings. The summed E-state index contributed by atoms with van der Waals surface area (Å²) < 4.78 is 5.27. The fourth-order valence-corrected chi connectivity index (χ4v) is 3.01. The van der Waals surface area contributed by atoms with Gasteiger partial charge in [-0.2, -0.15) is 10.1 Å². The number of carbonyl (C=O) groups is 1. The molecule has 0 fully saturated rings. The molecule has 4 rings (SSSR count). The topological polar surface area (TPSA) is 110 Å². The molecule has 0 aromatic carbocycles. The summed E-state index contributed by atoms with van der Waals surface area (Å²) in [6.45, 7) is 1.80. The Hall–Kier alpha value is -3.03. The van der Waals surface area contributed by atoms with Crippen LogP contribution in [-0.2, 0) is 12.8 Å². The molecule has 1 atom stereocenters. The number of aromatic amines is 1. The van der Waals surface area contributed by atoms with Crippen molar-refractivity contribution in [1.29, 1.82) is 0 Å². The van der Waals surface area contributed by atoms with E-state index >= 15 is 0 Å². The van der Waals surface area contributed by atoms with E-state index in [0.29, 0.717) is 23.1 Å². The molecule has 0 unspecified atom stereocenters. The SMILES string of the molecule is C[C@H](NC(=O)c1n[nH]c2c1CCCC2)c1nc(-c2ccccn2)no1. The van der Waals surface area contributed by atoms with Crippen molar-refractivity contribution in [3.8, 4) is 11.5 Å². The molecule has 25 heavy (non-hydrogen) atoms. The Morgan fingerprint density at radius 1 is 1.32 bits per heavy atom. The minimum atomic E-state index is -0.423. The first-order chi connectivity index (χ1) is 12.2. The Labute approximate surface area is 144 Å². The lowest BCUT2D eigenvalue weighted by atomic mass is 9.96. The Bertz CT molecular complexity index is 886. The van der Waals surface area contributed by atoms with E-state index in [4.69, 9.17) is 4.52 Å². The largest absolute Gasteiger partial charge is 0.339 e. The standard InChI is InChI=1S/C17H18N6O2/c1-10(17-20-15(23-25-17)13-8-4-5-9-18-13)19-16(24)14-11-6-2-3-7-12(11)21-22-14/h4-5,8-10H,2-3,6-7H2,1H3,(H,19,24)(H,21,22)/t10-/m0/s1. The summed E-state index contributed by atoms with van der Waals surface area (Å²) in [5, 5.41) is 14.0. The maximum Gasteiger partial charge on any atom is 0.272 e. The number of amides is 1. The number of aromatic nitrogens is 5. The summed E-state index contributed by atoms with van der Waals surface area (Å²) in [5.41, 5.74) is 3.18. The molecule has 0 aliphatic heterocycles. The Morgan fingerprint density at radius 2 is 2.20 bits per heavy atom. The molecular formula is C17H18N6O2. The monoisotopic (exact) mass is 338 g/mol. The molecule has 1 amide bonds. The van der Waals surface area contributed by atoms with Crippen LogP contribution in [0.2, 0.25) is 0 Å². The first-order valence-corrected chi connectivity index (χ1v) is 8.34. The predicted molar refractivity (Wildman–Crippen MR) is 88.6 cm³/mol. The van der Waals surface area contributed by atoms with Crippen molar-refractivity contribution in [2.75, 3.05) is 0 Å². The second-order valence-electron chi connectivity index (χ2n) is 6.10. The molecule has 3 heterocycles. The highest BCUT2D eigenvalue weighted by molar-refractivity contribution is 5.94. The van der Waals surface area contributed by atoms with Crippen LogP contribution in [0.5, 0.6) is 0 Å². The Balaban J connectivity index is 1.49. The smallest absolute Gasteiger partial charge is 0.272 e. The predicted octanol–water partition coefficient (Wildman–Crippen LogP) is 2.22. The highest BCUT2D eigenvalue weighted by Crippen LogP contribution is 2.23. The quantitative estimate of drug-likeness (QED) is 0.755. The van der Waals surface area contributed by atoms with Crippen LogP contribution >= 0.6 is 0 Å². The van der Waals surface area contributed by atoms with Gasteiger partial charge in [0.15, 0.2) is 5.69 Å². The van der Waals surface area contributed by atoms with Crippen molar-refractivity contribution in [2.24, 2.45) is 0 Å². The van der Waals surface area contributed by atoms with Gasteiger partial charge in [-0.3, -0.25) is 14.9 Å². The fourth-order valence-electron chi connectivity index (χ4n) is 3.01. The second kappa shape index (κ2) is 6.46. The summed E-state index contributed by atoms with van der Waals surface area (Å²) in [7, 11) is 0. The van der Waals surface area contributed by atoms with Gasteiger partial charge in [0, 0.05) is 17.5 Å². The third-order valence-corrected chi connectivity index (χ3v) is 4.33. The van der Waals surface area contributed by atoms with Crippen LogP contribution in [0.1, 0.15) is 53.4 Å². The third kappa shape index (κ3) is 3.02. The molecular weight excluding hydrogens is 320 g/mol. The van der Waals surface area contributed by atoms with Crippen LogP contribution in [0.4, 0.5) is 0 Å². The molecule has 0 saturated heterocycles. The summed E-state index contributed by atoms with van der Waals surface area (Å²) >= 11 is 0. The molecule has 8 nitrogen and oxygen atoms in total. The maximum atomic E-state index is 12.5. The van der Waals surface area contributed by atoms with Gasteiger partial charge in [0.25, 0.3) is 5.91 Å². The van der Waals surface area contributed by atoms with Gasteiger partial charge in [-0.25, -0.2) is 0 Å². The summed E-state index contributed by atoms with van der Waals surface area (Å²) in [6.07, 6.45) is 5.71. The van der Waals surface area contributed by atoms with Crippen molar-refractivity contribution in [1.82, 2.24) is 30.6 Å². The van der Waals surface area contributed by atoms with Crippen molar-refractivity contribution in [3.05, 3.63) is 47.2 Å². The van der Waals surface area contributed by atoms with E-state index in [-0.39, 0.29) is 5.91 Å². The normalized spacial score (nSPS) is 14.8. The van der Waals surface area contributed by atoms with Gasteiger partial charge in [-0.05, 0) is 44.7 Å². The molecule has 0 radical (unpaired) electrons. The lowest BCUT2D eigenvalue weighted by molar-refractivity contribution is 0.0926. The van der Waals surface area contributed by atoms with E-state index in [2.05, 4.69) is 30.6 Å². The Kier molecular flexibility index (Phi) is 4.01. The zero-order chi connectivity index (χ0) is 17.2. The van der Waals surface area contributed by atoms with E-state index in [1.54, 1.807) is 19.2 Å². The minimum absolute atomic E-state index is 0.232. The van der Waals surface area contributed by atoms with Crippen molar-refractivity contribution in [3.63, 3.8) is 0 Å². The zero-order valence-electron chi connectivity index (χ0n) is 13.8. The van der Waals surface area contributed by atoms with Gasteiger partial charge in [-0.1, -0.05) is 11.2 Å². The molecule has 3 aromatic heterocycles. The molecule has 128 valence electrons. The molecule has 8 heteroatoms. The first-order valence-electron chi connectivity index (χ1n) is 8.34. The van der Waals surface area contributed by atoms with Gasteiger partial charge >= 0.3 is 0 Å². The number of pyridine rings is 1. The average molecular weight is 338 g/mol. The number of carbonyl (C=O) groups excluding carboxylic acids is 1. The van der Waals surface area contributed by atoms with Crippen LogP contribution in [0.25, 0.3) is 11.5 Å². The third-order valence-electron chi connectivity index (χ3n) is 4.33. The number of hydrogen-bond donors (Lipinski definition) is 2. The van der Waals surface area contributed by atoms with E-state index in [1.807, 2.05) is 12.1 Å². The van der Waals surface area contributed by atoms with E-state index in [9.17, 15) is 4.79 Å². The number of rotatable bonds is 4. The van der Waals surface area contributed by atoms with Crippen molar-refractivity contribution < 1.29 is 9.32 Å². The lowest BCUT2D eigenvalue weighted by Crippen LogP contribution is -2.28. The minimum Gasteiger partial charge on any atom is -0.339 e. The molecule has 0 spiro atoms. The molecule has 1 aliphatic carbocycles.